The molecule has 1 aliphatic heterocycles. The number of rotatable bonds is 3. The zero-order valence-corrected chi connectivity index (χ0v) is 14.9. The van der Waals surface area contributed by atoms with Crippen LogP contribution in [0.5, 0.6) is 0 Å². The molecule has 0 spiro atoms. The van der Waals surface area contributed by atoms with Crippen LogP contribution in [0.3, 0.4) is 0 Å². The molecule has 1 fully saturated rings. The Bertz CT molecular complexity index is 1040. The van der Waals surface area contributed by atoms with Crippen molar-refractivity contribution >= 4 is 16.9 Å². The highest BCUT2D eigenvalue weighted by Crippen LogP contribution is 2.17. The number of aromatic nitrogens is 5. The van der Waals surface area contributed by atoms with Crippen molar-refractivity contribution in [1.82, 2.24) is 29.7 Å². The average molecular weight is 370 g/mol. The molecule has 0 aliphatic carbocycles. The summed E-state index contributed by atoms with van der Waals surface area (Å²) in [4.78, 5) is 27.1. The number of fused-ring (bicyclic) bond motifs is 1. The van der Waals surface area contributed by atoms with Crippen LogP contribution in [0.4, 0.5) is 4.39 Å². The summed E-state index contributed by atoms with van der Waals surface area (Å²) in [7, 11) is 0. The van der Waals surface area contributed by atoms with Gasteiger partial charge in [0, 0.05) is 12.6 Å². The van der Waals surface area contributed by atoms with E-state index in [1.165, 1.54) is 35.1 Å². The summed E-state index contributed by atoms with van der Waals surface area (Å²) < 4.78 is 15.6. The van der Waals surface area contributed by atoms with Crippen molar-refractivity contribution < 1.29 is 9.18 Å². The third-order valence-corrected chi connectivity index (χ3v) is 4.94. The summed E-state index contributed by atoms with van der Waals surface area (Å²) in [5.74, 6) is -0.502. The molecule has 0 radical (unpaired) electrons. The van der Waals surface area contributed by atoms with Crippen molar-refractivity contribution in [1.29, 1.82) is 0 Å². The number of carbonyl (C=O) groups is 1. The molecule has 140 valence electrons. The average Bonchev–Trinajstić information content (AvgIpc) is 3.10. The van der Waals surface area contributed by atoms with Gasteiger partial charge in [0.25, 0.3) is 5.56 Å². The molecule has 8 nitrogen and oxygen atoms in total. The van der Waals surface area contributed by atoms with Gasteiger partial charge in [-0.25, -0.2) is 13.8 Å². The Balaban J connectivity index is 1.64. The van der Waals surface area contributed by atoms with Crippen LogP contribution in [0.2, 0.25) is 0 Å². The van der Waals surface area contributed by atoms with Gasteiger partial charge in [0.05, 0.1) is 11.9 Å². The molecule has 3 aromatic rings. The maximum atomic E-state index is 13.1. The van der Waals surface area contributed by atoms with E-state index in [9.17, 15) is 14.0 Å². The maximum absolute atomic E-state index is 13.1. The van der Waals surface area contributed by atoms with Gasteiger partial charge in [0.2, 0.25) is 5.91 Å². The Kier molecular flexibility index (Phi) is 4.43. The van der Waals surface area contributed by atoms with Crippen molar-refractivity contribution in [2.24, 2.45) is 0 Å². The fourth-order valence-corrected chi connectivity index (χ4v) is 3.43. The zero-order valence-electron chi connectivity index (χ0n) is 14.9. The van der Waals surface area contributed by atoms with Crippen LogP contribution < -0.4 is 5.56 Å². The van der Waals surface area contributed by atoms with E-state index in [0.717, 1.165) is 23.9 Å². The molecule has 1 saturated heterocycles. The highest BCUT2D eigenvalue weighted by Gasteiger charge is 2.24. The predicted molar refractivity (Wildman–Crippen MR) is 95.9 cm³/mol. The fraction of sp³-hybridized carbons (Fsp3) is 0.389. The molecule has 4 rings (SSSR count). The van der Waals surface area contributed by atoms with Crippen LogP contribution in [0.15, 0.2) is 35.3 Å². The first-order valence-corrected chi connectivity index (χ1v) is 8.91. The van der Waals surface area contributed by atoms with Crippen molar-refractivity contribution in [3.63, 3.8) is 0 Å². The Hall–Kier alpha value is -3.10. The first-order valence-electron chi connectivity index (χ1n) is 8.91. The molecule has 1 atom stereocenters. The van der Waals surface area contributed by atoms with Gasteiger partial charge in [0.15, 0.2) is 5.65 Å². The summed E-state index contributed by atoms with van der Waals surface area (Å²) in [6.07, 6.45) is 4.44. The molecule has 3 heterocycles. The largest absolute Gasteiger partial charge is 0.338 e. The van der Waals surface area contributed by atoms with E-state index >= 15 is 0 Å². The molecule has 1 amide bonds. The first-order chi connectivity index (χ1) is 13.0. The number of hydrogen-bond donors (Lipinski definition) is 0. The molecule has 1 unspecified atom stereocenters. The van der Waals surface area contributed by atoms with Gasteiger partial charge in [-0.2, -0.15) is 5.10 Å². The maximum Gasteiger partial charge on any atom is 0.281 e. The molecule has 0 bridgehead atoms. The zero-order chi connectivity index (χ0) is 19.0. The van der Waals surface area contributed by atoms with E-state index in [1.54, 1.807) is 4.90 Å². The topological polar surface area (TPSA) is 85.9 Å². The summed E-state index contributed by atoms with van der Waals surface area (Å²) in [5, 5.41) is 12.4. The van der Waals surface area contributed by atoms with E-state index < -0.39 is 5.56 Å². The third-order valence-electron chi connectivity index (χ3n) is 4.94. The van der Waals surface area contributed by atoms with E-state index in [1.807, 2.05) is 6.92 Å². The fourth-order valence-electron chi connectivity index (χ4n) is 3.43. The van der Waals surface area contributed by atoms with Gasteiger partial charge in [-0.15, -0.1) is 5.10 Å². The van der Waals surface area contributed by atoms with Crippen LogP contribution in [0.25, 0.3) is 16.7 Å². The standard InChI is InChI=1S/C18H19FN6O2/c1-12-4-2-3-9-23(12)16(26)11-24-18(27)15-10-20-25(17(15)21-22-24)14-7-5-13(19)6-8-14/h5-8,10,12H,2-4,9,11H2,1H3. The Labute approximate surface area is 154 Å². The molecule has 0 N–H and O–H groups in total. The molecule has 1 aromatic carbocycles. The van der Waals surface area contributed by atoms with Crippen LogP contribution in [-0.2, 0) is 11.3 Å². The molecule has 1 aliphatic rings. The van der Waals surface area contributed by atoms with Crippen molar-refractivity contribution in [2.45, 2.75) is 38.8 Å². The van der Waals surface area contributed by atoms with Crippen LogP contribution in [0.1, 0.15) is 26.2 Å². The highest BCUT2D eigenvalue weighted by atomic mass is 19.1. The minimum absolute atomic E-state index is 0.135. The lowest BCUT2D eigenvalue weighted by molar-refractivity contribution is -0.135. The number of benzene rings is 1. The minimum atomic E-state index is -0.425. The van der Waals surface area contributed by atoms with E-state index in [4.69, 9.17) is 0 Å². The quantitative estimate of drug-likeness (QED) is 0.698. The Morgan fingerprint density at radius 1 is 1.26 bits per heavy atom. The smallest absolute Gasteiger partial charge is 0.281 e. The second kappa shape index (κ2) is 6.90. The van der Waals surface area contributed by atoms with Crippen molar-refractivity contribution in [2.75, 3.05) is 6.54 Å². The van der Waals surface area contributed by atoms with Gasteiger partial charge in [-0.3, -0.25) is 9.59 Å². The van der Waals surface area contributed by atoms with Crippen LogP contribution >= 0.6 is 0 Å². The lowest BCUT2D eigenvalue weighted by Crippen LogP contribution is -2.45. The second-order valence-corrected chi connectivity index (χ2v) is 6.75. The number of hydrogen-bond acceptors (Lipinski definition) is 5. The van der Waals surface area contributed by atoms with E-state index in [-0.39, 0.29) is 35.3 Å². The second-order valence-electron chi connectivity index (χ2n) is 6.75. The Morgan fingerprint density at radius 2 is 2.04 bits per heavy atom. The van der Waals surface area contributed by atoms with Crippen LogP contribution in [0, 0.1) is 5.82 Å². The molecule has 9 heteroatoms. The Morgan fingerprint density at radius 3 is 2.78 bits per heavy atom. The summed E-state index contributed by atoms with van der Waals surface area (Å²) in [5.41, 5.74) is 0.407. The van der Waals surface area contributed by atoms with Gasteiger partial charge >= 0.3 is 0 Å². The van der Waals surface area contributed by atoms with Gasteiger partial charge in [-0.05, 0) is 50.5 Å². The number of carbonyl (C=O) groups excluding carboxylic acids is 1. The predicted octanol–water partition coefficient (Wildman–Crippen LogP) is 1.52. The van der Waals surface area contributed by atoms with Crippen LogP contribution in [-0.4, -0.2) is 48.2 Å². The third kappa shape index (κ3) is 3.20. The van der Waals surface area contributed by atoms with Gasteiger partial charge < -0.3 is 4.90 Å². The van der Waals surface area contributed by atoms with Gasteiger partial charge in [0.1, 0.15) is 17.7 Å². The first kappa shape index (κ1) is 17.3. The van der Waals surface area contributed by atoms with Crippen molar-refractivity contribution in [3.8, 4) is 5.69 Å². The summed E-state index contributed by atoms with van der Waals surface area (Å²) in [6.45, 7) is 2.57. The highest BCUT2D eigenvalue weighted by molar-refractivity contribution is 5.77. The monoisotopic (exact) mass is 370 g/mol. The normalized spacial score (nSPS) is 17.4. The number of nitrogens with zero attached hydrogens (tertiary/aromatic N) is 6. The van der Waals surface area contributed by atoms with E-state index in [0.29, 0.717) is 12.2 Å². The number of amides is 1. The minimum Gasteiger partial charge on any atom is -0.338 e. The molecule has 27 heavy (non-hydrogen) atoms. The van der Waals surface area contributed by atoms with E-state index in [2.05, 4.69) is 15.4 Å². The molecular weight excluding hydrogens is 351 g/mol. The lowest BCUT2D eigenvalue weighted by atomic mass is 10.0. The summed E-state index contributed by atoms with van der Waals surface area (Å²) >= 11 is 0. The SMILES string of the molecule is CC1CCCCN1C(=O)Cn1nnc2c(cnn2-c2ccc(F)cc2)c1=O. The van der Waals surface area contributed by atoms with Crippen molar-refractivity contribution in [3.05, 3.63) is 46.6 Å². The van der Waals surface area contributed by atoms with Gasteiger partial charge in [-0.1, -0.05) is 5.21 Å². The molecule has 0 saturated carbocycles. The summed E-state index contributed by atoms with van der Waals surface area (Å²) in [6, 6.07) is 5.85. The number of piperidine rings is 1. The molecular formula is C18H19FN6O2. The number of halogens is 1. The lowest BCUT2D eigenvalue weighted by Gasteiger charge is -2.33. The molecule has 2 aromatic heterocycles. The number of likely N-dealkylation sites (tertiary alicyclic amines) is 1.